The first-order valence-electron chi connectivity index (χ1n) is 7.11. The lowest BCUT2D eigenvalue weighted by Gasteiger charge is -2.15. The minimum absolute atomic E-state index is 0.0236. The number of nitrogens with zero attached hydrogens (tertiary/aromatic N) is 1. The number of benzene rings is 2. The van der Waals surface area contributed by atoms with E-state index in [0.29, 0.717) is 5.56 Å². The van der Waals surface area contributed by atoms with Crippen molar-refractivity contribution in [2.75, 3.05) is 5.32 Å². The number of primary sulfonamides is 1. The molecule has 0 unspecified atom stereocenters. The summed E-state index contributed by atoms with van der Waals surface area (Å²) in [4.78, 5) is 22.1. The molecule has 132 valence electrons. The normalized spacial score (nSPS) is 12.2. The molecular weight excluding hydrogens is 348 g/mol. The topological polar surface area (TPSA) is 144 Å². The zero-order chi connectivity index (χ0) is 18.6. The van der Waals surface area contributed by atoms with Gasteiger partial charge in [0, 0.05) is 17.8 Å². The molecule has 2 amide bonds. The molecule has 25 heavy (non-hydrogen) atoms. The monoisotopic (exact) mass is 364 g/mol. The number of hydrogen-bond donors (Lipinski definition) is 3. The molecule has 0 bridgehead atoms. The van der Waals surface area contributed by atoms with Crippen LogP contribution in [0.15, 0.2) is 53.4 Å². The quantitative estimate of drug-likeness (QED) is 0.550. The summed E-state index contributed by atoms with van der Waals surface area (Å²) >= 11 is 0. The molecule has 0 saturated carbocycles. The molecule has 2 rings (SSSR count). The first-order valence-corrected chi connectivity index (χ1v) is 8.66. The van der Waals surface area contributed by atoms with E-state index in [0.717, 1.165) is 0 Å². The van der Waals surface area contributed by atoms with Gasteiger partial charge in [-0.3, -0.25) is 10.1 Å². The lowest BCUT2D eigenvalue weighted by atomic mass is 10.1. The first kappa shape index (κ1) is 18.4. The molecule has 0 aliphatic rings. The standard InChI is InChI=1S/C15H16N4O5S/c1-10(11-5-7-14(8-6-11)25(16,23)24)17-15(20)18-12-3-2-4-13(9-12)19(21)22/h2-10H,1H3,(H2,16,23,24)(H2,17,18,20)/t10-/m1/s1. The van der Waals surface area contributed by atoms with Crippen LogP contribution >= 0.6 is 0 Å². The van der Waals surface area contributed by atoms with Crippen molar-refractivity contribution in [1.82, 2.24) is 5.32 Å². The Kier molecular flexibility index (Phi) is 5.35. The Morgan fingerprint density at radius 2 is 1.84 bits per heavy atom. The fraction of sp³-hybridized carbons (Fsp3) is 0.133. The van der Waals surface area contributed by atoms with Crippen LogP contribution in [0.3, 0.4) is 0 Å². The van der Waals surface area contributed by atoms with E-state index in [1.54, 1.807) is 6.92 Å². The number of amides is 2. The van der Waals surface area contributed by atoms with Crippen LogP contribution in [0, 0.1) is 10.1 Å². The SMILES string of the molecule is C[C@@H](NC(=O)Nc1cccc([N+](=O)[O-])c1)c1ccc(S(N)(=O)=O)cc1. The first-order chi connectivity index (χ1) is 11.7. The van der Waals surface area contributed by atoms with Gasteiger partial charge in [-0.1, -0.05) is 18.2 Å². The van der Waals surface area contributed by atoms with E-state index in [4.69, 9.17) is 5.14 Å². The highest BCUT2D eigenvalue weighted by molar-refractivity contribution is 7.89. The molecule has 0 aliphatic carbocycles. The highest BCUT2D eigenvalue weighted by Crippen LogP contribution is 2.18. The summed E-state index contributed by atoms with van der Waals surface area (Å²) in [5.74, 6) is 0. The van der Waals surface area contributed by atoms with Crippen molar-refractivity contribution < 1.29 is 18.1 Å². The van der Waals surface area contributed by atoms with Crippen LogP contribution in [-0.2, 0) is 10.0 Å². The van der Waals surface area contributed by atoms with Crippen LogP contribution in [0.2, 0.25) is 0 Å². The Labute approximate surface area is 144 Å². The number of anilines is 1. The van der Waals surface area contributed by atoms with Crippen molar-refractivity contribution in [2.24, 2.45) is 5.14 Å². The lowest BCUT2D eigenvalue weighted by molar-refractivity contribution is -0.384. The third-order valence-corrected chi connectivity index (χ3v) is 4.30. The summed E-state index contributed by atoms with van der Waals surface area (Å²) in [7, 11) is -3.77. The summed E-state index contributed by atoms with van der Waals surface area (Å²) in [6.45, 7) is 1.71. The number of urea groups is 1. The summed E-state index contributed by atoms with van der Waals surface area (Å²) in [6.07, 6.45) is 0. The van der Waals surface area contributed by atoms with Crippen molar-refractivity contribution in [2.45, 2.75) is 17.9 Å². The van der Waals surface area contributed by atoms with E-state index < -0.39 is 27.0 Å². The molecule has 2 aromatic carbocycles. The Morgan fingerprint density at radius 3 is 2.40 bits per heavy atom. The highest BCUT2D eigenvalue weighted by atomic mass is 32.2. The van der Waals surface area contributed by atoms with E-state index in [2.05, 4.69) is 10.6 Å². The van der Waals surface area contributed by atoms with Gasteiger partial charge in [0.1, 0.15) is 0 Å². The molecule has 0 heterocycles. The Morgan fingerprint density at radius 1 is 1.20 bits per heavy atom. The summed E-state index contributed by atoms with van der Waals surface area (Å²) in [6, 6.07) is 10.3. The van der Waals surface area contributed by atoms with Crippen LogP contribution in [0.1, 0.15) is 18.5 Å². The number of nitro groups is 1. The number of hydrogen-bond acceptors (Lipinski definition) is 5. The van der Waals surface area contributed by atoms with E-state index in [9.17, 15) is 23.3 Å². The van der Waals surface area contributed by atoms with Crippen molar-refractivity contribution in [3.05, 3.63) is 64.2 Å². The maximum atomic E-state index is 12.0. The van der Waals surface area contributed by atoms with Gasteiger partial charge in [0.15, 0.2) is 0 Å². The number of non-ortho nitro benzene ring substituents is 1. The van der Waals surface area contributed by atoms with Crippen LogP contribution < -0.4 is 15.8 Å². The van der Waals surface area contributed by atoms with Gasteiger partial charge in [-0.05, 0) is 30.7 Å². The zero-order valence-electron chi connectivity index (χ0n) is 13.2. The molecule has 1 atom stereocenters. The molecule has 2 aromatic rings. The van der Waals surface area contributed by atoms with Gasteiger partial charge < -0.3 is 10.6 Å². The molecule has 10 heteroatoms. The second-order valence-electron chi connectivity index (χ2n) is 5.24. The number of rotatable bonds is 5. The molecule has 0 fully saturated rings. The number of carbonyl (C=O) groups excluding carboxylic acids is 1. The maximum Gasteiger partial charge on any atom is 0.319 e. The van der Waals surface area contributed by atoms with E-state index >= 15 is 0 Å². The fourth-order valence-corrected chi connectivity index (χ4v) is 2.61. The lowest BCUT2D eigenvalue weighted by Crippen LogP contribution is -2.31. The van der Waals surface area contributed by atoms with Gasteiger partial charge in [-0.15, -0.1) is 0 Å². The molecule has 4 N–H and O–H groups in total. The van der Waals surface area contributed by atoms with Gasteiger partial charge in [-0.2, -0.15) is 0 Å². The van der Waals surface area contributed by atoms with Crippen LogP contribution in [-0.4, -0.2) is 19.4 Å². The zero-order valence-corrected chi connectivity index (χ0v) is 14.0. The molecule has 0 aliphatic heterocycles. The van der Waals surface area contributed by atoms with E-state index in [1.165, 1.54) is 48.5 Å². The average molecular weight is 364 g/mol. The second kappa shape index (κ2) is 7.28. The van der Waals surface area contributed by atoms with Crippen LogP contribution in [0.25, 0.3) is 0 Å². The number of nitrogens with one attached hydrogen (secondary N) is 2. The molecule has 9 nitrogen and oxygen atoms in total. The largest absolute Gasteiger partial charge is 0.331 e. The minimum atomic E-state index is -3.77. The van der Waals surface area contributed by atoms with Crippen molar-refractivity contribution >= 4 is 27.4 Å². The third kappa shape index (κ3) is 4.99. The molecule has 0 radical (unpaired) electrons. The molecule has 0 saturated heterocycles. The maximum absolute atomic E-state index is 12.0. The highest BCUT2D eigenvalue weighted by Gasteiger charge is 2.13. The number of nitrogens with two attached hydrogens (primary N) is 1. The minimum Gasteiger partial charge on any atom is -0.331 e. The third-order valence-electron chi connectivity index (χ3n) is 3.37. The summed E-state index contributed by atoms with van der Waals surface area (Å²) < 4.78 is 22.4. The van der Waals surface area contributed by atoms with E-state index in [1.807, 2.05) is 0 Å². The van der Waals surface area contributed by atoms with E-state index in [-0.39, 0.29) is 16.3 Å². The molecular formula is C15H16N4O5S. The van der Waals surface area contributed by atoms with Gasteiger partial charge >= 0.3 is 6.03 Å². The van der Waals surface area contributed by atoms with Crippen LogP contribution in [0.5, 0.6) is 0 Å². The predicted molar refractivity (Wildman–Crippen MR) is 91.5 cm³/mol. The van der Waals surface area contributed by atoms with Crippen molar-refractivity contribution in [3.63, 3.8) is 0 Å². The summed E-state index contributed by atoms with van der Waals surface area (Å²) in [5, 5.41) is 20.9. The van der Waals surface area contributed by atoms with Gasteiger partial charge in [-0.25, -0.2) is 18.4 Å². The number of carbonyl (C=O) groups is 1. The fourth-order valence-electron chi connectivity index (χ4n) is 2.09. The molecule has 0 spiro atoms. The Bertz CT molecular complexity index is 896. The Hall–Kier alpha value is -2.98. The van der Waals surface area contributed by atoms with Crippen LogP contribution in [0.4, 0.5) is 16.2 Å². The number of nitro benzene ring substituents is 1. The smallest absolute Gasteiger partial charge is 0.319 e. The van der Waals surface area contributed by atoms with Crippen molar-refractivity contribution in [1.29, 1.82) is 0 Å². The number of sulfonamides is 1. The predicted octanol–water partition coefficient (Wildman–Crippen LogP) is 2.12. The average Bonchev–Trinajstić information content (AvgIpc) is 2.54. The van der Waals surface area contributed by atoms with Gasteiger partial charge in [0.05, 0.1) is 15.9 Å². The molecule has 0 aromatic heterocycles. The van der Waals surface area contributed by atoms with Gasteiger partial charge in [0.2, 0.25) is 10.0 Å². The van der Waals surface area contributed by atoms with Gasteiger partial charge in [0.25, 0.3) is 5.69 Å². The van der Waals surface area contributed by atoms with Crippen molar-refractivity contribution in [3.8, 4) is 0 Å². The Balaban J connectivity index is 2.02. The summed E-state index contributed by atoms with van der Waals surface area (Å²) in [5.41, 5.74) is 0.814. The second-order valence-corrected chi connectivity index (χ2v) is 6.80.